The molecule has 4 aromatic carbocycles. The second-order valence-electron chi connectivity index (χ2n) is 9.77. The molecule has 0 bridgehead atoms. The molecule has 4 aromatic rings. The third kappa shape index (κ3) is 6.12. The van der Waals surface area contributed by atoms with Crippen molar-refractivity contribution >= 4 is 11.8 Å². The Morgan fingerprint density at radius 3 is 2.15 bits per heavy atom. The molecule has 6 heteroatoms. The molecule has 0 fully saturated rings. The maximum Gasteiger partial charge on any atom is 0.254 e. The number of carbonyl (C=O) groups is 2. The quantitative estimate of drug-likeness (QED) is 0.264. The first-order valence-electron chi connectivity index (χ1n) is 13.3. The Morgan fingerprint density at radius 2 is 1.50 bits per heavy atom. The minimum atomic E-state index is -0.749. The van der Waals surface area contributed by atoms with E-state index in [2.05, 4.69) is 0 Å². The van der Waals surface area contributed by atoms with Gasteiger partial charge in [-0.2, -0.15) is 0 Å². The van der Waals surface area contributed by atoms with Gasteiger partial charge in [-0.25, -0.2) is 4.39 Å². The standard InChI is InChI=1S/C34H31FN2O3/c1-40-30-20-16-27(17-21-30)31-13-8-22-36(33(38)28-11-6-3-7-12-28)32(23-25-9-4-2-5-10-25)34(39)37(31)24-26-14-18-29(35)19-15-26/h2-21,31-32H,22-24H2,1H3/b13-8-/t31?,32-/m0/s1. The third-order valence-electron chi connectivity index (χ3n) is 7.18. The van der Waals surface area contributed by atoms with Gasteiger partial charge in [0.2, 0.25) is 5.91 Å². The lowest BCUT2D eigenvalue weighted by Crippen LogP contribution is -2.53. The molecular weight excluding hydrogens is 503 g/mol. The second-order valence-corrected chi connectivity index (χ2v) is 9.77. The van der Waals surface area contributed by atoms with Crippen molar-refractivity contribution < 1.29 is 18.7 Å². The summed E-state index contributed by atoms with van der Waals surface area (Å²) in [5.74, 6) is -0.000657. The summed E-state index contributed by atoms with van der Waals surface area (Å²) in [6, 6.07) is 31.4. The van der Waals surface area contributed by atoms with Crippen molar-refractivity contribution in [2.45, 2.75) is 25.0 Å². The van der Waals surface area contributed by atoms with E-state index in [1.807, 2.05) is 84.9 Å². The maximum absolute atomic E-state index is 14.6. The van der Waals surface area contributed by atoms with Crippen LogP contribution in [0.1, 0.15) is 33.1 Å². The average molecular weight is 535 g/mol. The number of amides is 2. The van der Waals surface area contributed by atoms with Crippen LogP contribution in [0.2, 0.25) is 0 Å². The molecule has 5 nitrogen and oxygen atoms in total. The van der Waals surface area contributed by atoms with Crippen LogP contribution in [0.5, 0.6) is 5.75 Å². The van der Waals surface area contributed by atoms with E-state index in [1.54, 1.807) is 41.2 Å². The van der Waals surface area contributed by atoms with Gasteiger partial charge in [-0.3, -0.25) is 9.59 Å². The molecule has 1 heterocycles. The van der Waals surface area contributed by atoms with Crippen LogP contribution in [0, 0.1) is 5.82 Å². The van der Waals surface area contributed by atoms with E-state index < -0.39 is 12.1 Å². The van der Waals surface area contributed by atoms with Crippen molar-refractivity contribution in [2.75, 3.05) is 13.7 Å². The van der Waals surface area contributed by atoms with Gasteiger partial charge in [0.15, 0.2) is 0 Å². The number of hydrogen-bond donors (Lipinski definition) is 0. The molecular formula is C34H31FN2O3. The highest BCUT2D eigenvalue weighted by molar-refractivity contribution is 5.98. The zero-order valence-electron chi connectivity index (χ0n) is 22.3. The van der Waals surface area contributed by atoms with Crippen LogP contribution in [0.3, 0.4) is 0 Å². The van der Waals surface area contributed by atoms with Gasteiger partial charge in [-0.15, -0.1) is 0 Å². The lowest BCUT2D eigenvalue weighted by atomic mass is 9.96. The summed E-state index contributed by atoms with van der Waals surface area (Å²) < 4.78 is 19.1. The average Bonchev–Trinajstić information content (AvgIpc) is 3.00. The SMILES string of the molecule is COc1ccc(C2/C=C\CN(C(=O)c3ccccc3)[C@@H](Cc3ccccc3)C(=O)N2Cc2ccc(F)cc2)cc1. The number of benzene rings is 4. The molecule has 5 rings (SSSR count). The molecule has 202 valence electrons. The fraction of sp³-hybridized carbons (Fsp3) is 0.176. The van der Waals surface area contributed by atoms with Crippen molar-refractivity contribution in [2.24, 2.45) is 0 Å². The number of ether oxygens (including phenoxy) is 1. The Kier molecular flexibility index (Phi) is 8.35. The van der Waals surface area contributed by atoms with E-state index >= 15 is 0 Å². The minimum absolute atomic E-state index is 0.178. The van der Waals surface area contributed by atoms with Crippen LogP contribution >= 0.6 is 0 Å². The number of halogens is 1. The van der Waals surface area contributed by atoms with Crippen molar-refractivity contribution in [3.05, 3.63) is 149 Å². The Labute approximate surface area is 234 Å². The predicted molar refractivity (Wildman–Crippen MR) is 153 cm³/mol. The molecule has 1 aliphatic heterocycles. The highest BCUT2D eigenvalue weighted by atomic mass is 19.1. The van der Waals surface area contributed by atoms with Crippen molar-refractivity contribution in [1.29, 1.82) is 0 Å². The molecule has 0 saturated heterocycles. The molecule has 0 aromatic heterocycles. The van der Waals surface area contributed by atoms with Gasteiger partial charge in [-0.1, -0.05) is 84.9 Å². The number of rotatable bonds is 7. The van der Waals surface area contributed by atoms with Crippen LogP contribution in [-0.2, 0) is 17.8 Å². The maximum atomic E-state index is 14.6. The summed E-state index contributed by atoms with van der Waals surface area (Å²) in [7, 11) is 1.61. The van der Waals surface area contributed by atoms with Crippen LogP contribution in [0.25, 0.3) is 0 Å². The summed E-state index contributed by atoms with van der Waals surface area (Å²) in [4.78, 5) is 31.9. The number of hydrogen-bond acceptors (Lipinski definition) is 3. The summed E-state index contributed by atoms with van der Waals surface area (Å²) in [6.07, 6.45) is 4.28. The van der Waals surface area contributed by atoms with E-state index in [0.717, 1.165) is 22.4 Å². The van der Waals surface area contributed by atoms with Crippen LogP contribution in [-0.4, -0.2) is 41.3 Å². The summed E-state index contributed by atoms with van der Waals surface area (Å²) in [5.41, 5.74) is 3.19. The molecule has 1 aliphatic rings. The third-order valence-corrected chi connectivity index (χ3v) is 7.18. The Hall–Kier alpha value is -4.71. The van der Waals surface area contributed by atoms with Crippen LogP contribution < -0.4 is 4.74 Å². The zero-order chi connectivity index (χ0) is 27.9. The van der Waals surface area contributed by atoms with Gasteiger partial charge < -0.3 is 14.5 Å². The largest absolute Gasteiger partial charge is 0.497 e. The Bertz CT molecular complexity index is 1460. The topological polar surface area (TPSA) is 49.9 Å². The fourth-order valence-corrected chi connectivity index (χ4v) is 5.06. The number of carbonyl (C=O) groups excluding carboxylic acids is 2. The predicted octanol–water partition coefficient (Wildman–Crippen LogP) is 6.23. The molecule has 0 saturated carbocycles. The first-order chi connectivity index (χ1) is 19.5. The Balaban J connectivity index is 1.59. The molecule has 2 amide bonds. The zero-order valence-corrected chi connectivity index (χ0v) is 22.3. The number of nitrogens with zero attached hydrogens (tertiary/aromatic N) is 2. The van der Waals surface area contributed by atoms with E-state index in [0.29, 0.717) is 12.0 Å². The van der Waals surface area contributed by atoms with Crippen LogP contribution in [0.4, 0.5) is 4.39 Å². The molecule has 2 atom stereocenters. The summed E-state index contributed by atoms with van der Waals surface area (Å²) in [6.45, 7) is 0.535. The lowest BCUT2D eigenvalue weighted by molar-refractivity contribution is -0.138. The Morgan fingerprint density at radius 1 is 0.850 bits per heavy atom. The normalized spacial score (nSPS) is 18.1. The van der Waals surface area contributed by atoms with Gasteiger partial charge in [0.1, 0.15) is 17.6 Å². The second kappa shape index (κ2) is 12.4. The summed E-state index contributed by atoms with van der Waals surface area (Å²) >= 11 is 0. The van der Waals surface area contributed by atoms with Gasteiger partial charge in [0, 0.05) is 25.1 Å². The molecule has 0 N–H and O–H groups in total. The van der Waals surface area contributed by atoms with Gasteiger partial charge in [-0.05, 0) is 53.1 Å². The van der Waals surface area contributed by atoms with Gasteiger partial charge in [0.25, 0.3) is 5.91 Å². The van der Waals surface area contributed by atoms with Crippen LogP contribution in [0.15, 0.2) is 121 Å². The first kappa shape index (κ1) is 26.9. The highest BCUT2D eigenvalue weighted by Gasteiger charge is 2.37. The fourth-order valence-electron chi connectivity index (χ4n) is 5.06. The molecule has 0 aliphatic carbocycles. The molecule has 1 unspecified atom stereocenters. The van der Waals surface area contributed by atoms with E-state index in [9.17, 15) is 14.0 Å². The molecule has 0 radical (unpaired) electrons. The van der Waals surface area contributed by atoms with E-state index in [1.165, 1.54) is 12.1 Å². The minimum Gasteiger partial charge on any atom is -0.497 e. The highest BCUT2D eigenvalue weighted by Crippen LogP contribution is 2.30. The molecule has 40 heavy (non-hydrogen) atoms. The monoisotopic (exact) mass is 534 g/mol. The smallest absolute Gasteiger partial charge is 0.254 e. The summed E-state index contributed by atoms with van der Waals surface area (Å²) in [5, 5.41) is 0. The van der Waals surface area contributed by atoms with Crippen molar-refractivity contribution in [1.82, 2.24) is 9.80 Å². The molecule has 0 spiro atoms. The van der Waals surface area contributed by atoms with Crippen molar-refractivity contribution in [3.63, 3.8) is 0 Å². The number of methoxy groups -OCH3 is 1. The first-order valence-corrected chi connectivity index (χ1v) is 13.3. The lowest BCUT2D eigenvalue weighted by Gasteiger charge is -2.39. The van der Waals surface area contributed by atoms with Crippen molar-refractivity contribution in [3.8, 4) is 5.75 Å². The van der Waals surface area contributed by atoms with Gasteiger partial charge in [0.05, 0.1) is 13.2 Å². The van der Waals surface area contributed by atoms with E-state index in [-0.39, 0.29) is 30.7 Å². The van der Waals surface area contributed by atoms with Gasteiger partial charge >= 0.3 is 0 Å². The van der Waals surface area contributed by atoms with E-state index in [4.69, 9.17) is 4.74 Å².